The van der Waals surface area contributed by atoms with Crippen LogP contribution in [0, 0.1) is 0 Å². The van der Waals surface area contributed by atoms with E-state index in [-0.39, 0.29) is 18.1 Å². The summed E-state index contributed by atoms with van der Waals surface area (Å²) in [6, 6.07) is 14.1. The first-order chi connectivity index (χ1) is 13.0. The lowest BCUT2D eigenvalue weighted by Crippen LogP contribution is -2.42. The number of nitrogens with one attached hydrogen (secondary N) is 1. The summed E-state index contributed by atoms with van der Waals surface area (Å²) < 4.78 is 2.06. The van der Waals surface area contributed by atoms with E-state index in [0.717, 1.165) is 22.4 Å². The van der Waals surface area contributed by atoms with Gasteiger partial charge >= 0.3 is 6.03 Å². The number of carbonyl (C=O) groups excluding carboxylic acids is 1. The first-order valence-electron chi connectivity index (χ1n) is 8.96. The highest BCUT2D eigenvalue weighted by Gasteiger charge is 2.26. The summed E-state index contributed by atoms with van der Waals surface area (Å²) in [7, 11) is 0. The van der Waals surface area contributed by atoms with Gasteiger partial charge in [-0.1, -0.05) is 29.8 Å². The Hall–Kier alpha value is -2.79. The standard InChI is InChI=1S/C21H21ClN4O/c1-14(2)26-12-17-10-16(6-7-19(17)24-21(26)27)20(25-9-8-23-13-25)15-4-3-5-18(22)11-15/h3-11,13-14,20H,12H2,1-2H3,(H,24,27). The molecule has 2 aromatic carbocycles. The zero-order valence-electron chi connectivity index (χ0n) is 15.3. The van der Waals surface area contributed by atoms with Crippen molar-refractivity contribution in [3.8, 4) is 0 Å². The molecule has 0 spiro atoms. The smallest absolute Gasteiger partial charge is 0.322 e. The SMILES string of the molecule is CC(C)N1Cc2cc(C(c3cccc(Cl)c3)n3ccnc3)ccc2NC1=O. The minimum atomic E-state index is -0.0498. The third-order valence-corrected chi connectivity index (χ3v) is 5.13. The van der Waals surface area contributed by atoms with Crippen LogP contribution in [0.5, 0.6) is 0 Å². The summed E-state index contributed by atoms with van der Waals surface area (Å²) >= 11 is 6.24. The highest BCUT2D eigenvalue weighted by Crippen LogP contribution is 2.33. The predicted octanol–water partition coefficient (Wildman–Crippen LogP) is 4.93. The summed E-state index contributed by atoms with van der Waals surface area (Å²) in [5, 5.41) is 3.69. The van der Waals surface area contributed by atoms with Crippen molar-refractivity contribution in [3.63, 3.8) is 0 Å². The molecular weight excluding hydrogens is 360 g/mol. The molecule has 0 radical (unpaired) electrons. The van der Waals surface area contributed by atoms with Gasteiger partial charge in [0.15, 0.2) is 0 Å². The zero-order chi connectivity index (χ0) is 19.0. The third kappa shape index (κ3) is 3.43. The molecule has 0 bridgehead atoms. The van der Waals surface area contributed by atoms with Crippen molar-refractivity contribution in [3.05, 3.63) is 82.9 Å². The van der Waals surface area contributed by atoms with E-state index in [1.165, 1.54) is 0 Å². The lowest BCUT2D eigenvalue weighted by molar-refractivity contribution is 0.191. The van der Waals surface area contributed by atoms with Crippen molar-refractivity contribution in [2.24, 2.45) is 0 Å². The van der Waals surface area contributed by atoms with Gasteiger partial charge in [-0.2, -0.15) is 0 Å². The number of nitrogens with zero attached hydrogens (tertiary/aromatic N) is 3. The van der Waals surface area contributed by atoms with Crippen molar-refractivity contribution in [2.45, 2.75) is 32.5 Å². The maximum absolute atomic E-state index is 12.3. The van der Waals surface area contributed by atoms with E-state index in [2.05, 4.69) is 33.1 Å². The van der Waals surface area contributed by atoms with E-state index in [9.17, 15) is 4.79 Å². The molecule has 5 nitrogen and oxygen atoms in total. The van der Waals surface area contributed by atoms with Crippen LogP contribution in [0.25, 0.3) is 0 Å². The molecule has 138 valence electrons. The number of benzene rings is 2. The minimum Gasteiger partial charge on any atom is -0.326 e. The van der Waals surface area contributed by atoms with Gasteiger partial charge in [0.05, 0.1) is 12.4 Å². The summed E-state index contributed by atoms with van der Waals surface area (Å²) in [6.45, 7) is 4.64. The van der Waals surface area contributed by atoms with Crippen molar-refractivity contribution >= 4 is 23.3 Å². The lowest BCUT2D eigenvalue weighted by atomic mass is 9.95. The Balaban J connectivity index is 1.78. The van der Waals surface area contributed by atoms with E-state index in [0.29, 0.717) is 11.6 Å². The van der Waals surface area contributed by atoms with Crippen LogP contribution in [0.2, 0.25) is 5.02 Å². The summed E-state index contributed by atoms with van der Waals surface area (Å²) in [5.74, 6) is 0. The van der Waals surface area contributed by atoms with Gasteiger partial charge in [0.2, 0.25) is 0 Å². The van der Waals surface area contributed by atoms with Gasteiger partial charge in [-0.05, 0) is 54.8 Å². The van der Waals surface area contributed by atoms with Crippen LogP contribution in [0.4, 0.5) is 10.5 Å². The number of fused-ring (bicyclic) bond motifs is 1. The summed E-state index contributed by atoms with van der Waals surface area (Å²) in [4.78, 5) is 18.3. The molecule has 2 amide bonds. The highest BCUT2D eigenvalue weighted by molar-refractivity contribution is 6.30. The number of carbonyl (C=O) groups is 1. The fraction of sp³-hybridized carbons (Fsp3) is 0.238. The van der Waals surface area contributed by atoms with Gasteiger partial charge in [-0.25, -0.2) is 9.78 Å². The van der Waals surface area contributed by atoms with Gasteiger partial charge < -0.3 is 14.8 Å². The van der Waals surface area contributed by atoms with Crippen LogP contribution < -0.4 is 5.32 Å². The van der Waals surface area contributed by atoms with E-state index in [1.807, 2.05) is 55.5 Å². The van der Waals surface area contributed by atoms with Crippen molar-refractivity contribution in [1.82, 2.24) is 14.5 Å². The highest BCUT2D eigenvalue weighted by atomic mass is 35.5. The molecule has 0 fully saturated rings. The molecule has 1 unspecified atom stereocenters. The Bertz CT molecular complexity index is 968. The first kappa shape index (κ1) is 17.6. The maximum atomic E-state index is 12.3. The molecular formula is C21H21ClN4O. The second kappa shape index (κ2) is 7.08. The summed E-state index contributed by atoms with van der Waals surface area (Å²) in [6.07, 6.45) is 5.54. The maximum Gasteiger partial charge on any atom is 0.322 e. The normalized spacial score (nSPS) is 14.8. The first-order valence-corrected chi connectivity index (χ1v) is 9.34. The number of anilines is 1. The second-order valence-corrected chi connectivity index (χ2v) is 7.47. The molecule has 1 aromatic heterocycles. The fourth-order valence-corrected chi connectivity index (χ4v) is 3.73. The van der Waals surface area contributed by atoms with Gasteiger partial charge in [-0.3, -0.25) is 0 Å². The number of urea groups is 1. The van der Waals surface area contributed by atoms with Gasteiger partial charge in [0, 0.05) is 35.7 Å². The molecule has 0 aliphatic carbocycles. The van der Waals surface area contributed by atoms with Crippen LogP contribution in [-0.2, 0) is 6.54 Å². The Morgan fingerprint density at radius 1 is 1.15 bits per heavy atom. The molecule has 0 saturated heterocycles. The number of aromatic nitrogens is 2. The van der Waals surface area contributed by atoms with Crippen LogP contribution in [0.1, 0.15) is 36.6 Å². The Morgan fingerprint density at radius 3 is 2.67 bits per heavy atom. The van der Waals surface area contributed by atoms with Gasteiger partial charge in [0.1, 0.15) is 0 Å². The Morgan fingerprint density at radius 2 is 1.96 bits per heavy atom. The largest absolute Gasteiger partial charge is 0.326 e. The Labute approximate surface area is 163 Å². The molecule has 1 aliphatic rings. The minimum absolute atomic E-state index is 0.0402. The number of imidazole rings is 1. The molecule has 4 rings (SSSR count). The van der Waals surface area contributed by atoms with Crippen LogP contribution in [0.3, 0.4) is 0 Å². The monoisotopic (exact) mass is 380 g/mol. The fourth-order valence-electron chi connectivity index (χ4n) is 3.53. The van der Waals surface area contributed by atoms with Crippen molar-refractivity contribution in [2.75, 3.05) is 5.32 Å². The number of hydrogen-bond donors (Lipinski definition) is 1. The molecule has 3 aromatic rings. The van der Waals surface area contributed by atoms with E-state index >= 15 is 0 Å². The summed E-state index contributed by atoms with van der Waals surface area (Å²) in [5.41, 5.74) is 4.18. The Kier molecular flexibility index (Phi) is 4.62. The average molecular weight is 381 g/mol. The third-order valence-electron chi connectivity index (χ3n) is 4.90. The van der Waals surface area contributed by atoms with Crippen LogP contribution in [-0.4, -0.2) is 26.5 Å². The zero-order valence-corrected chi connectivity index (χ0v) is 16.0. The van der Waals surface area contributed by atoms with E-state index in [4.69, 9.17) is 11.6 Å². The number of halogens is 1. The predicted molar refractivity (Wildman–Crippen MR) is 107 cm³/mol. The molecule has 0 saturated carbocycles. The number of hydrogen-bond acceptors (Lipinski definition) is 2. The van der Waals surface area contributed by atoms with Crippen molar-refractivity contribution < 1.29 is 4.79 Å². The van der Waals surface area contributed by atoms with E-state index in [1.54, 1.807) is 6.20 Å². The quantitative estimate of drug-likeness (QED) is 0.697. The second-order valence-electron chi connectivity index (χ2n) is 7.04. The topological polar surface area (TPSA) is 50.2 Å². The van der Waals surface area contributed by atoms with Crippen LogP contribution in [0.15, 0.2) is 61.2 Å². The lowest BCUT2D eigenvalue weighted by Gasteiger charge is -2.33. The van der Waals surface area contributed by atoms with Gasteiger partial charge in [-0.15, -0.1) is 0 Å². The van der Waals surface area contributed by atoms with E-state index < -0.39 is 0 Å². The number of rotatable bonds is 4. The molecule has 1 N–H and O–H groups in total. The number of amides is 2. The molecule has 2 heterocycles. The van der Waals surface area contributed by atoms with Gasteiger partial charge in [0.25, 0.3) is 0 Å². The molecule has 27 heavy (non-hydrogen) atoms. The molecule has 6 heteroatoms. The molecule has 1 atom stereocenters. The van der Waals surface area contributed by atoms with Crippen molar-refractivity contribution in [1.29, 1.82) is 0 Å². The molecule has 1 aliphatic heterocycles. The average Bonchev–Trinajstić information content (AvgIpc) is 3.15. The van der Waals surface area contributed by atoms with Crippen LogP contribution >= 0.6 is 11.6 Å².